The largest absolute Gasteiger partial charge is 0.489 e. The summed E-state index contributed by atoms with van der Waals surface area (Å²) in [6.07, 6.45) is 0.708. The molecular formula is C18H20F2O4. The number of benzene rings is 2. The lowest BCUT2D eigenvalue weighted by molar-refractivity contribution is 0.0500. The maximum atomic E-state index is 13.2. The maximum Gasteiger partial charge on any atom is 0.188 e. The minimum atomic E-state index is -0.938. The number of halogens is 2. The molecule has 130 valence electrons. The highest BCUT2D eigenvalue weighted by Crippen LogP contribution is 2.23. The van der Waals surface area contributed by atoms with Gasteiger partial charge in [-0.15, -0.1) is 0 Å². The van der Waals surface area contributed by atoms with Gasteiger partial charge < -0.3 is 18.9 Å². The van der Waals surface area contributed by atoms with Crippen molar-refractivity contribution in [3.63, 3.8) is 0 Å². The molecule has 0 spiro atoms. The third-order valence-corrected chi connectivity index (χ3v) is 3.34. The molecule has 0 aromatic heterocycles. The van der Waals surface area contributed by atoms with Gasteiger partial charge in [0.2, 0.25) is 0 Å². The Morgan fingerprint density at radius 1 is 0.875 bits per heavy atom. The number of rotatable bonds is 9. The highest BCUT2D eigenvalue weighted by atomic mass is 19.2. The molecule has 0 aliphatic heterocycles. The van der Waals surface area contributed by atoms with E-state index in [1.54, 1.807) is 14.2 Å². The lowest BCUT2D eigenvalue weighted by Gasteiger charge is -2.13. The summed E-state index contributed by atoms with van der Waals surface area (Å²) in [5.74, 6) is -0.899. The van der Waals surface area contributed by atoms with Crippen molar-refractivity contribution >= 4 is 0 Å². The summed E-state index contributed by atoms with van der Waals surface area (Å²) >= 11 is 0. The van der Waals surface area contributed by atoms with Gasteiger partial charge in [-0.1, -0.05) is 12.1 Å². The average molecular weight is 338 g/mol. The molecule has 0 heterocycles. The Balaban J connectivity index is 2.07. The number of methoxy groups -OCH3 is 2. The summed E-state index contributed by atoms with van der Waals surface area (Å²) < 4.78 is 47.2. The second-order valence-corrected chi connectivity index (χ2v) is 5.10. The first kappa shape index (κ1) is 18.2. The zero-order valence-corrected chi connectivity index (χ0v) is 13.7. The second-order valence-electron chi connectivity index (χ2n) is 5.10. The van der Waals surface area contributed by atoms with Crippen LogP contribution in [0.2, 0.25) is 0 Å². The lowest BCUT2D eigenvalue weighted by atomic mass is 10.1. The van der Waals surface area contributed by atoms with Gasteiger partial charge in [-0.25, -0.2) is 8.78 Å². The van der Waals surface area contributed by atoms with Crippen molar-refractivity contribution in [1.82, 2.24) is 0 Å². The molecule has 0 unspecified atom stereocenters. The fourth-order valence-electron chi connectivity index (χ4n) is 2.10. The first-order chi connectivity index (χ1) is 11.6. The summed E-state index contributed by atoms with van der Waals surface area (Å²) in [4.78, 5) is 0. The van der Waals surface area contributed by atoms with Crippen molar-refractivity contribution in [1.29, 1.82) is 0 Å². The number of ether oxygens (including phenoxy) is 4. The third-order valence-electron chi connectivity index (χ3n) is 3.34. The van der Waals surface area contributed by atoms with Crippen molar-refractivity contribution in [3.8, 4) is 11.5 Å². The molecule has 24 heavy (non-hydrogen) atoms. The quantitative estimate of drug-likeness (QED) is 0.653. The molecule has 0 saturated heterocycles. The molecule has 2 rings (SSSR count). The van der Waals surface area contributed by atoms with Crippen molar-refractivity contribution in [3.05, 3.63) is 59.2 Å². The van der Waals surface area contributed by atoms with Gasteiger partial charge in [0.05, 0.1) is 6.61 Å². The second kappa shape index (κ2) is 9.20. The SMILES string of the molecule is COCCc1ccc(COc2ccc(F)c(F)c2)cc1OCOC. The molecule has 0 atom stereocenters. The van der Waals surface area contributed by atoms with E-state index in [4.69, 9.17) is 18.9 Å². The van der Waals surface area contributed by atoms with Crippen LogP contribution in [0.15, 0.2) is 36.4 Å². The van der Waals surface area contributed by atoms with Crippen molar-refractivity contribution in [2.75, 3.05) is 27.6 Å². The Morgan fingerprint density at radius 3 is 2.42 bits per heavy atom. The van der Waals surface area contributed by atoms with Crippen LogP contribution >= 0.6 is 0 Å². The van der Waals surface area contributed by atoms with E-state index in [-0.39, 0.29) is 19.1 Å². The van der Waals surface area contributed by atoms with Crippen molar-refractivity contribution < 1.29 is 27.7 Å². The smallest absolute Gasteiger partial charge is 0.188 e. The fraction of sp³-hybridized carbons (Fsp3) is 0.333. The zero-order chi connectivity index (χ0) is 17.4. The van der Waals surface area contributed by atoms with Gasteiger partial charge in [0.1, 0.15) is 18.1 Å². The standard InChI is InChI=1S/C18H20F2O4/c1-21-8-7-14-4-3-13(9-18(14)24-12-22-2)11-23-15-5-6-16(19)17(20)10-15/h3-6,9-10H,7-8,11-12H2,1-2H3. The van der Waals surface area contributed by atoms with Gasteiger partial charge in [-0.2, -0.15) is 0 Å². The van der Waals surface area contributed by atoms with E-state index < -0.39 is 11.6 Å². The molecule has 0 amide bonds. The minimum Gasteiger partial charge on any atom is -0.489 e. The Morgan fingerprint density at radius 2 is 1.71 bits per heavy atom. The van der Waals surface area contributed by atoms with E-state index in [1.807, 2.05) is 18.2 Å². The highest BCUT2D eigenvalue weighted by molar-refractivity contribution is 5.38. The summed E-state index contributed by atoms with van der Waals surface area (Å²) in [5.41, 5.74) is 1.83. The van der Waals surface area contributed by atoms with Crippen molar-refractivity contribution in [2.45, 2.75) is 13.0 Å². The predicted molar refractivity (Wildman–Crippen MR) is 85.2 cm³/mol. The predicted octanol–water partition coefficient (Wildman–Crippen LogP) is 3.72. The molecule has 2 aromatic rings. The Hall–Kier alpha value is -2.18. The van der Waals surface area contributed by atoms with Crippen molar-refractivity contribution in [2.24, 2.45) is 0 Å². The zero-order valence-electron chi connectivity index (χ0n) is 13.7. The van der Waals surface area contributed by atoms with Gasteiger partial charge >= 0.3 is 0 Å². The highest BCUT2D eigenvalue weighted by Gasteiger charge is 2.08. The molecule has 0 aliphatic carbocycles. The van der Waals surface area contributed by atoms with Crippen LogP contribution in [0.25, 0.3) is 0 Å². The molecule has 0 fully saturated rings. The normalized spacial score (nSPS) is 10.7. The molecule has 0 bridgehead atoms. The van der Waals surface area contributed by atoms with E-state index in [0.29, 0.717) is 18.8 Å². The molecule has 6 heteroatoms. The summed E-state index contributed by atoms with van der Waals surface area (Å²) in [6.45, 7) is 0.917. The van der Waals surface area contributed by atoms with Crippen LogP contribution in [-0.2, 0) is 22.5 Å². The topological polar surface area (TPSA) is 36.9 Å². The Labute approximate surface area is 139 Å². The first-order valence-corrected chi connectivity index (χ1v) is 7.44. The van der Waals surface area contributed by atoms with Crippen LogP contribution in [0.1, 0.15) is 11.1 Å². The van der Waals surface area contributed by atoms with Crippen LogP contribution in [0.4, 0.5) is 8.78 Å². The average Bonchev–Trinajstić information content (AvgIpc) is 2.59. The van der Waals surface area contributed by atoms with Crippen LogP contribution in [-0.4, -0.2) is 27.6 Å². The van der Waals surface area contributed by atoms with E-state index >= 15 is 0 Å². The van der Waals surface area contributed by atoms with Gasteiger partial charge in [-0.05, 0) is 35.7 Å². The molecule has 0 N–H and O–H groups in total. The molecule has 4 nitrogen and oxygen atoms in total. The Bertz CT molecular complexity index is 661. The van der Waals surface area contributed by atoms with E-state index in [0.717, 1.165) is 23.3 Å². The van der Waals surface area contributed by atoms with E-state index in [9.17, 15) is 8.78 Å². The summed E-state index contributed by atoms with van der Waals surface area (Å²) in [7, 11) is 3.19. The molecule has 0 aliphatic rings. The first-order valence-electron chi connectivity index (χ1n) is 7.44. The molecule has 2 aromatic carbocycles. The van der Waals surface area contributed by atoms with Crippen LogP contribution in [0.3, 0.4) is 0 Å². The minimum absolute atomic E-state index is 0.132. The van der Waals surface area contributed by atoms with Crippen LogP contribution < -0.4 is 9.47 Å². The van der Waals surface area contributed by atoms with E-state index in [1.165, 1.54) is 6.07 Å². The van der Waals surface area contributed by atoms with Gasteiger partial charge in [0.15, 0.2) is 18.4 Å². The third kappa shape index (κ3) is 5.18. The summed E-state index contributed by atoms with van der Waals surface area (Å²) in [5, 5.41) is 0. The summed E-state index contributed by atoms with van der Waals surface area (Å²) in [6, 6.07) is 9.09. The monoisotopic (exact) mass is 338 g/mol. The molecular weight excluding hydrogens is 318 g/mol. The van der Waals surface area contributed by atoms with Gasteiger partial charge in [0, 0.05) is 20.3 Å². The van der Waals surface area contributed by atoms with Crippen LogP contribution in [0, 0.1) is 11.6 Å². The molecule has 0 saturated carbocycles. The van der Waals surface area contributed by atoms with Gasteiger partial charge in [-0.3, -0.25) is 0 Å². The van der Waals surface area contributed by atoms with Gasteiger partial charge in [0.25, 0.3) is 0 Å². The van der Waals surface area contributed by atoms with E-state index in [2.05, 4.69) is 0 Å². The Kier molecular flexibility index (Phi) is 6.96. The van der Waals surface area contributed by atoms with Crippen LogP contribution in [0.5, 0.6) is 11.5 Å². The number of hydrogen-bond donors (Lipinski definition) is 0. The maximum absolute atomic E-state index is 13.2. The number of hydrogen-bond acceptors (Lipinski definition) is 4. The fourth-order valence-corrected chi connectivity index (χ4v) is 2.10. The molecule has 0 radical (unpaired) electrons. The lowest BCUT2D eigenvalue weighted by Crippen LogP contribution is -2.05.